The van der Waals surface area contributed by atoms with E-state index in [1.807, 2.05) is 24.4 Å². The van der Waals surface area contributed by atoms with Crippen LogP contribution < -0.4 is 0 Å². The van der Waals surface area contributed by atoms with Crippen LogP contribution in [0.25, 0.3) is 0 Å². The van der Waals surface area contributed by atoms with Gasteiger partial charge in [-0.1, -0.05) is 49.7 Å². The van der Waals surface area contributed by atoms with Gasteiger partial charge >= 0.3 is 25.2 Å². The first-order chi connectivity index (χ1) is 10.5. The predicted molar refractivity (Wildman–Crippen MR) is 91.2 cm³/mol. The summed E-state index contributed by atoms with van der Waals surface area (Å²) in [5, 5.41) is 10.2. The van der Waals surface area contributed by atoms with Crippen molar-refractivity contribution in [3.05, 3.63) is 58.7 Å². The van der Waals surface area contributed by atoms with Gasteiger partial charge in [-0.05, 0) is 42.5 Å². The van der Waals surface area contributed by atoms with Crippen molar-refractivity contribution in [2.45, 2.75) is 33.6 Å². The molecule has 1 N–H and O–H groups in total. The van der Waals surface area contributed by atoms with Gasteiger partial charge in [0.2, 0.25) is 0 Å². The van der Waals surface area contributed by atoms with Crippen molar-refractivity contribution in [1.29, 1.82) is 0 Å². The van der Waals surface area contributed by atoms with Crippen LogP contribution in [0.1, 0.15) is 42.0 Å². The molecule has 0 aromatic heterocycles. The Morgan fingerprint density at radius 1 is 1.14 bits per heavy atom. The second-order valence-electron chi connectivity index (χ2n) is 5.49. The summed E-state index contributed by atoms with van der Waals surface area (Å²) in [5.41, 5.74) is 5.02. The van der Waals surface area contributed by atoms with Gasteiger partial charge in [0.25, 0.3) is 0 Å². The zero-order valence-electron chi connectivity index (χ0n) is 13.2. The van der Waals surface area contributed by atoms with Gasteiger partial charge < -0.3 is 5.11 Å². The fourth-order valence-electron chi connectivity index (χ4n) is 2.16. The minimum atomic E-state index is 0.282. The van der Waals surface area contributed by atoms with Gasteiger partial charge in [0.1, 0.15) is 11.4 Å². The zero-order chi connectivity index (χ0) is 16.7. The number of hydrogen-bond donors (Lipinski definition) is 1. The molecule has 2 aromatic carbocycles. The maximum absolute atomic E-state index is 10.2. The minimum absolute atomic E-state index is 0.282. The van der Waals surface area contributed by atoms with Gasteiger partial charge in [-0.15, -0.1) is 0 Å². The number of aliphatic imine (C=N–C) groups is 1. The quantitative estimate of drug-likeness (QED) is 0.559. The molecule has 0 aliphatic carbocycles. The molecule has 0 aliphatic rings. The molecule has 0 bridgehead atoms. The van der Waals surface area contributed by atoms with Gasteiger partial charge in [0.05, 0.1) is 0 Å². The third-order valence-electron chi connectivity index (χ3n) is 3.45. The number of nitrogens with zero attached hydrogens (tertiary/aromatic N) is 1. The number of phenolic OH excluding ortho intramolecular Hbond substituents is 1. The van der Waals surface area contributed by atoms with Crippen molar-refractivity contribution < 1.29 is 20.2 Å². The molecule has 0 fully saturated rings. The summed E-state index contributed by atoms with van der Waals surface area (Å²) in [7, 11) is 4.20. The average Bonchev–Trinajstić information content (AvgIpc) is 2.51. The molecule has 22 heavy (non-hydrogen) atoms. The SMILES string of the molecule is Cc1ccc(C)c(C=Nc2cccc(C(C)C)c2O)c1.[Cl][Cu]. The fourth-order valence-corrected chi connectivity index (χ4v) is 2.16. The number of rotatable bonds is 3. The van der Waals surface area contributed by atoms with Gasteiger partial charge in [-0.3, -0.25) is 4.99 Å². The van der Waals surface area contributed by atoms with E-state index in [0.717, 1.165) is 11.1 Å². The van der Waals surface area contributed by atoms with Crippen LogP contribution in [0.2, 0.25) is 0 Å². The summed E-state index contributed by atoms with van der Waals surface area (Å²) < 4.78 is 0. The molecule has 0 unspecified atom stereocenters. The Bertz CT molecular complexity index is 654. The Morgan fingerprint density at radius 2 is 1.82 bits per heavy atom. The number of phenols is 1. The van der Waals surface area contributed by atoms with Crippen LogP contribution in [-0.4, -0.2) is 11.3 Å². The number of hydrogen-bond acceptors (Lipinski definition) is 2. The molecule has 0 saturated carbocycles. The van der Waals surface area contributed by atoms with E-state index in [1.54, 1.807) is 0 Å². The number of halogens is 1. The van der Waals surface area contributed by atoms with Gasteiger partial charge in [-0.2, -0.15) is 0 Å². The normalized spacial score (nSPS) is 10.7. The topological polar surface area (TPSA) is 32.6 Å². The van der Waals surface area contributed by atoms with Crippen LogP contribution in [0.3, 0.4) is 0 Å². The average molecular weight is 366 g/mol. The molecule has 2 rings (SSSR count). The van der Waals surface area contributed by atoms with Crippen LogP contribution in [-0.2, 0) is 15.1 Å². The molecule has 0 radical (unpaired) electrons. The van der Waals surface area contributed by atoms with Gasteiger partial charge in [0.15, 0.2) is 0 Å². The monoisotopic (exact) mass is 365 g/mol. The Balaban J connectivity index is 0.00000116. The standard InChI is InChI=1S/C18H21NO.ClH.Cu/c1-12(2)16-6-5-7-17(18(16)20)19-11-15-10-13(3)8-9-14(15)4;;/h5-12,20H,1-4H3;1H;/q;;+1/p-1. The molecule has 0 aliphatic heterocycles. The van der Waals surface area contributed by atoms with E-state index in [9.17, 15) is 5.11 Å². The van der Waals surface area contributed by atoms with E-state index in [1.165, 1.54) is 11.1 Å². The van der Waals surface area contributed by atoms with Crippen molar-refractivity contribution in [2.24, 2.45) is 4.99 Å². The Kier molecular flexibility index (Phi) is 7.67. The molecule has 0 saturated heterocycles. The Hall–Kier alpha value is -1.28. The van der Waals surface area contributed by atoms with E-state index in [0.29, 0.717) is 5.69 Å². The van der Waals surface area contributed by atoms with Crippen molar-refractivity contribution in [1.82, 2.24) is 0 Å². The Labute approximate surface area is 145 Å². The number of benzene rings is 2. The Morgan fingerprint density at radius 3 is 2.45 bits per heavy atom. The second kappa shape index (κ2) is 8.99. The van der Waals surface area contributed by atoms with Crippen molar-refractivity contribution in [2.75, 3.05) is 0 Å². The van der Waals surface area contributed by atoms with Gasteiger partial charge in [-0.25, -0.2) is 0 Å². The van der Waals surface area contributed by atoms with Crippen LogP contribution in [0, 0.1) is 13.8 Å². The molecule has 2 nitrogen and oxygen atoms in total. The summed E-state index contributed by atoms with van der Waals surface area (Å²) in [5.74, 6) is 0.565. The summed E-state index contributed by atoms with van der Waals surface area (Å²) in [4.78, 5) is 4.45. The molecule has 2 aromatic rings. The third kappa shape index (κ3) is 4.88. The van der Waals surface area contributed by atoms with Gasteiger partial charge in [0, 0.05) is 6.21 Å². The summed E-state index contributed by atoms with van der Waals surface area (Å²) in [6.07, 6.45) is 1.82. The third-order valence-corrected chi connectivity index (χ3v) is 3.45. The van der Waals surface area contributed by atoms with Crippen LogP contribution in [0.15, 0.2) is 41.4 Å². The first-order valence-electron chi connectivity index (χ1n) is 7.03. The predicted octanol–water partition coefficient (Wildman–Crippen LogP) is 5.57. The van der Waals surface area contributed by atoms with E-state index >= 15 is 0 Å². The van der Waals surface area contributed by atoms with Crippen molar-refractivity contribution in [3.8, 4) is 5.75 Å². The molecule has 0 amide bonds. The number of aryl methyl sites for hydroxylation is 2. The molecule has 0 atom stereocenters. The second-order valence-corrected chi connectivity index (χ2v) is 5.49. The molecular formula is C18H21ClCuNO. The maximum atomic E-state index is 10.2. The van der Waals surface area contributed by atoms with Crippen LogP contribution in [0.5, 0.6) is 5.75 Å². The van der Waals surface area contributed by atoms with E-state index in [2.05, 4.69) is 76.1 Å². The van der Waals surface area contributed by atoms with Crippen LogP contribution in [0.4, 0.5) is 5.69 Å². The first kappa shape index (κ1) is 18.8. The zero-order valence-corrected chi connectivity index (χ0v) is 14.9. The molecular weight excluding hydrogens is 345 g/mol. The molecule has 0 heterocycles. The first-order valence-corrected chi connectivity index (χ1v) is 8.33. The molecule has 122 valence electrons. The summed E-state index contributed by atoms with van der Waals surface area (Å²) in [6, 6.07) is 12.0. The number of aromatic hydroxyl groups is 1. The molecule has 4 heteroatoms. The summed E-state index contributed by atoms with van der Waals surface area (Å²) in [6.45, 7) is 8.25. The van der Waals surface area contributed by atoms with Crippen molar-refractivity contribution in [3.63, 3.8) is 0 Å². The van der Waals surface area contributed by atoms with E-state index in [-0.39, 0.29) is 11.7 Å². The van der Waals surface area contributed by atoms with E-state index in [4.69, 9.17) is 0 Å². The fraction of sp³-hybridized carbons (Fsp3) is 0.278. The van der Waals surface area contributed by atoms with Crippen molar-refractivity contribution >= 4 is 22.0 Å². The van der Waals surface area contributed by atoms with E-state index < -0.39 is 0 Å². The summed E-state index contributed by atoms with van der Waals surface area (Å²) >= 11 is 3.66. The van der Waals surface area contributed by atoms with Crippen LogP contribution >= 0.6 is 10.1 Å². The molecule has 0 spiro atoms. The number of para-hydroxylation sites is 1.